The first-order chi connectivity index (χ1) is 25.8. The van der Waals surface area contributed by atoms with Crippen molar-refractivity contribution >= 4 is 17.9 Å². The summed E-state index contributed by atoms with van der Waals surface area (Å²) in [5.41, 5.74) is 0. The van der Waals surface area contributed by atoms with E-state index < -0.39 is 6.10 Å². The Morgan fingerprint density at radius 1 is 0.396 bits per heavy atom. The molecule has 2 atom stereocenters. The first-order valence-electron chi connectivity index (χ1n) is 23.3. The quantitative estimate of drug-likeness (QED) is 0.0352. The molecule has 0 radical (unpaired) electrons. The zero-order valence-electron chi connectivity index (χ0n) is 36.1. The van der Waals surface area contributed by atoms with Crippen LogP contribution in [-0.2, 0) is 28.6 Å². The van der Waals surface area contributed by atoms with Crippen LogP contribution in [0.3, 0.4) is 0 Å². The van der Waals surface area contributed by atoms with Crippen molar-refractivity contribution in [1.82, 2.24) is 0 Å². The molecule has 0 aromatic rings. The molecule has 0 rings (SSSR count). The highest BCUT2D eigenvalue weighted by Crippen LogP contribution is 2.17. The van der Waals surface area contributed by atoms with Crippen molar-refractivity contribution in [3.63, 3.8) is 0 Å². The number of esters is 3. The fourth-order valence-electron chi connectivity index (χ4n) is 6.90. The predicted molar refractivity (Wildman–Crippen MR) is 224 cm³/mol. The Morgan fingerprint density at radius 3 is 1.08 bits per heavy atom. The monoisotopic (exact) mass is 751 g/mol. The zero-order valence-corrected chi connectivity index (χ0v) is 36.1. The first kappa shape index (κ1) is 51.4. The SMILES string of the molecule is CCCCCCCCCCCC(=O)O[C@@H](COC(=O)CCCCCCCCCCCCC(C)CC)COC(=O)CCCCCCCCCCCC(C)C. The molecule has 0 amide bonds. The van der Waals surface area contributed by atoms with Crippen LogP contribution in [0.15, 0.2) is 0 Å². The molecule has 0 aromatic heterocycles. The lowest BCUT2D eigenvalue weighted by atomic mass is 9.99. The topological polar surface area (TPSA) is 78.9 Å². The van der Waals surface area contributed by atoms with Crippen molar-refractivity contribution in [2.24, 2.45) is 11.8 Å². The van der Waals surface area contributed by atoms with Gasteiger partial charge in [-0.3, -0.25) is 14.4 Å². The van der Waals surface area contributed by atoms with Gasteiger partial charge in [0.05, 0.1) is 0 Å². The summed E-state index contributed by atoms with van der Waals surface area (Å²) in [7, 11) is 0. The van der Waals surface area contributed by atoms with Crippen LogP contribution in [0, 0.1) is 11.8 Å². The standard InChI is InChI=1S/C47H90O6/c1-6-8-9-10-11-15-24-29-34-39-47(50)53-44(41-52-46(49)38-33-28-23-19-14-16-20-25-30-35-42(3)4)40-51-45(48)37-32-27-22-18-13-12-17-21-26-31-36-43(5)7-2/h42-44H,6-41H2,1-5H3/t43?,44-/m0/s1. The van der Waals surface area contributed by atoms with E-state index in [4.69, 9.17) is 14.2 Å². The fraction of sp³-hybridized carbons (Fsp3) is 0.936. The van der Waals surface area contributed by atoms with Gasteiger partial charge in [0, 0.05) is 19.3 Å². The maximum atomic E-state index is 12.7. The summed E-state index contributed by atoms with van der Waals surface area (Å²) in [6.45, 7) is 11.3. The number of carbonyl (C=O) groups is 3. The number of ether oxygens (including phenoxy) is 3. The van der Waals surface area contributed by atoms with Gasteiger partial charge in [-0.2, -0.15) is 0 Å². The molecule has 0 saturated carbocycles. The molecule has 0 spiro atoms. The van der Waals surface area contributed by atoms with E-state index in [-0.39, 0.29) is 31.1 Å². The third kappa shape index (κ3) is 39.9. The molecular weight excluding hydrogens is 661 g/mol. The smallest absolute Gasteiger partial charge is 0.306 e. The first-order valence-corrected chi connectivity index (χ1v) is 23.3. The van der Waals surface area contributed by atoms with E-state index in [0.717, 1.165) is 69.6 Å². The molecule has 53 heavy (non-hydrogen) atoms. The van der Waals surface area contributed by atoms with Crippen LogP contribution in [0.5, 0.6) is 0 Å². The Kier molecular flexibility index (Phi) is 38.9. The number of hydrogen-bond acceptors (Lipinski definition) is 6. The summed E-state index contributed by atoms with van der Waals surface area (Å²) in [6, 6.07) is 0. The van der Waals surface area contributed by atoms with Crippen molar-refractivity contribution in [1.29, 1.82) is 0 Å². The third-order valence-corrected chi connectivity index (χ3v) is 10.8. The van der Waals surface area contributed by atoms with Crippen LogP contribution in [-0.4, -0.2) is 37.2 Å². The van der Waals surface area contributed by atoms with Gasteiger partial charge in [0.2, 0.25) is 0 Å². The Labute approximate surface area is 329 Å². The van der Waals surface area contributed by atoms with Crippen molar-refractivity contribution in [3.8, 4) is 0 Å². The van der Waals surface area contributed by atoms with E-state index in [1.807, 2.05) is 0 Å². The van der Waals surface area contributed by atoms with Crippen LogP contribution in [0.4, 0.5) is 0 Å². The van der Waals surface area contributed by atoms with Crippen molar-refractivity contribution < 1.29 is 28.6 Å². The Morgan fingerprint density at radius 2 is 0.717 bits per heavy atom. The molecular formula is C47H90O6. The van der Waals surface area contributed by atoms with Crippen LogP contribution < -0.4 is 0 Å². The van der Waals surface area contributed by atoms with Crippen molar-refractivity contribution in [2.75, 3.05) is 13.2 Å². The van der Waals surface area contributed by atoms with E-state index in [1.165, 1.54) is 141 Å². The Hall–Kier alpha value is -1.59. The summed E-state index contributed by atoms with van der Waals surface area (Å²) in [5.74, 6) is 0.819. The van der Waals surface area contributed by atoms with Gasteiger partial charge in [0.1, 0.15) is 13.2 Å². The van der Waals surface area contributed by atoms with E-state index in [9.17, 15) is 14.4 Å². The molecule has 6 heteroatoms. The molecule has 0 heterocycles. The molecule has 1 unspecified atom stereocenters. The van der Waals surface area contributed by atoms with Crippen LogP contribution in [0.25, 0.3) is 0 Å². The second-order valence-electron chi connectivity index (χ2n) is 16.8. The maximum absolute atomic E-state index is 12.7. The molecule has 0 fully saturated rings. The molecule has 0 aliphatic carbocycles. The Bertz CT molecular complexity index is 811. The molecule has 0 aliphatic rings. The van der Waals surface area contributed by atoms with E-state index in [1.54, 1.807) is 0 Å². The molecule has 0 bridgehead atoms. The summed E-state index contributed by atoms with van der Waals surface area (Å²) in [6.07, 6.45) is 38.0. The van der Waals surface area contributed by atoms with Crippen LogP contribution in [0.1, 0.15) is 253 Å². The van der Waals surface area contributed by atoms with Gasteiger partial charge >= 0.3 is 17.9 Å². The van der Waals surface area contributed by atoms with Gasteiger partial charge in [-0.25, -0.2) is 0 Å². The lowest BCUT2D eigenvalue weighted by Crippen LogP contribution is -2.30. The number of hydrogen-bond donors (Lipinski definition) is 0. The van der Waals surface area contributed by atoms with Crippen LogP contribution >= 0.6 is 0 Å². The lowest BCUT2D eigenvalue weighted by Gasteiger charge is -2.18. The van der Waals surface area contributed by atoms with Gasteiger partial charge in [-0.15, -0.1) is 0 Å². The number of carbonyl (C=O) groups excluding carboxylic acids is 3. The minimum absolute atomic E-state index is 0.0650. The van der Waals surface area contributed by atoms with E-state index in [2.05, 4.69) is 34.6 Å². The second-order valence-corrected chi connectivity index (χ2v) is 16.8. The highest BCUT2D eigenvalue weighted by molar-refractivity contribution is 5.71. The molecule has 0 N–H and O–H groups in total. The van der Waals surface area contributed by atoms with Crippen LogP contribution in [0.2, 0.25) is 0 Å². The molecule has 0 aliphatic heterocycles. The normalized spacial score (nSPS) is 12.6. The predicted octanol–water partition coefficient (Wildman–Crippen LogP) is 14.6. The average Bonchev–Trinajstić information content (AvgIpc) is 3.14. The molecule has 0 saturated heterocycles. The minimum Gasteiger partial charge on any atom is -0.462 e. The maximum Gasteiger partial charge on any atom is 0.306 e. The van der Waals surface area contributed by atoms with Gasteiger partial charge in [0.15, 0.2) is 6.10 Å². The highest BCUT2D eigenvalue weighted by Gasteiger charge is 2.19. The Balaban J connectivity index is 4.30. The number of rotatable bonds is 41. The summed E-state index contributed by atoms with van der Waals surface area (Å²) < 4.78 is 16.7. The molecule has 314 valence electrons. The average molecular weight is 751 g/mol. The van der Waals surface area contributed by atoms with E-state index in [0.29, 0.717) is 19.3 Å². The summed E-state index contributed by atoms with van der Waals surface area (Å²) in [4.78, 5) is 37.7. The van der Waals surface area contributed by atoms with Gasteiger partial charge < -0.3 is 14.2 Å². The lowest BCUT2D eigenvalue weighted by molar-refractivity contribution is -0.167. The van der Waals surface area contributed by atoms with Crippen molar-refractivity contribution in [3.05, 3.63) is 0 Å². The highest BCUT2D eigenvalue weighted by atomic mass is 16.6. The molecule has 0 aromatic carbocycles. The third-order valence-electron chi connectivity index (χ3n) is 10.8. The zero-order chi connectivity index (χ0) is 39.0. The second kappa shape index (κ2) is 40.1. The number of unbranched alkanes of at least 4 members (excludes halogenated alkanes) is 25. The molecule has 6 nitrogen and oxygen atoms in total. The van der Waals surface area contributed by atoms with Gasteiger partial charge in [0.25, 0.3) is 0 Å². The van der Waals surface area contributed by atoms with Gasteiger partial charge in [-0.1, -0.05) is 214 Å². The van der Waals surface area contributed by atoms with Gasteiger partial charge in [-0.05, 0) is 31.1 Å². The largest absolute Gasteiger partial charge is 0.462 e. The fourth-order valence-corrected chi connectivity index (χ4v) is 6.90. The summed E-state index contributed by atoms with van der Waals surface area (Å²) >= 11 is 0. The van der Waals surface area contributed by atoms with Crippen molar-refractivity contribution in [2.45, 2.75) is 259 Å². The summed E-state index contributed by atoms with van der Waals surface area (Å²) in [5, 5.41) is 0. The van der Waals surface area contributed by atoms with E-state index >= 15 is 0 Å². The minimum atomic E-state index is -0.760.